The molecular formula is C6H5F2N5. The van der Waals surface area contributed by atoms with Crippen LogP contribution in [-0.2, 0) is 0 Å². The number of nitrogens with two attached hydrogens (primary N) is 1. The number of halogens is 2. The summed E-state index contributed by atoms with van der Waals surface area (Å²) in [7, 11) is 0. The number of H-pyrrole nitrogens is 1. The van der Waals surface area contributed by atoms with Gasteiger partial charge in [0.05, 0.1) is 5.39 Å². The Morgan fingerprint density at radius 2 is 2.15 bits per heavy atom. The van der Waals surface area contributed by atoms with Gasteiger partial charge < -0.3 is 5.73 Å². The molecule has 0 amide bonds. The molecule has 7 heteroatoms. The van der Waals surface area contributed by atoms with Gasteiger partial charge in [0.25, 0.3) is 6.43 Å². The molecule has 2 aromatic rings. The second-order valence-corrected chi connectivity index (χ2v) is 2.40. The highest BCUT2D eigenvalue weighted by Gasteiger charge is 2.17. The molecule has 0 aromatic carbocycles. The van der Waals surface area contributed by atoms with E-state index in [0.717, 1.165) is 0 Å². The fourth-order valence-electron chi connectivity index (χ4n) is 1.06. The highest BCUT2D eigenvalue weighted by atomic mass is 19.3. The van der Waals surface area contributed by atoms with Crippen LogP contribution in [0.3, 0.4) is 0 Å². The van der Waals surface area contributed by atoms with Gasteiger partial charge in [-0.2, -0.15) is 5.10 Å². The minimum atomic E-state index is -2.65. The van der Waals surface area contributed by atoms with Gasteiger partial charge in [0.1, 0.15) is 17.8 Å². The van der Waals surface area contributed by atoms with Crippen LogP contribution in [0.4, 0.5) is 14.6 Å². The minimum Gasteiger partial charge on any atom is -0.383 e. The molecule has 0 radical (unpaired) electrons. The van der Waals surface area contributed by atoms with Crippen molar-refractivity contribution in [3.8, 4) is 0 Å². The first kappa shape index (κ1) is 7.84. The van der Waals surface area contributed by atoms with Crippen LogP contribution >= 0.6 is 0 Å². The molecule has 5 nitrogen and oxygen atoms in total. The third-order valence-corrected chi connectivity index (χ3v) is 1.63. The normalized spacial score (nSPS) is 11.3. The van der Waals surface area contributed by atoms with Gasteiger partial charge in [-0.25, -0.2) is 18.7 Å². The molecule has 0 aliphatic carbocycles. The quantitative estimate of drug-likeness (QED) is 0.690. The summed E-state index contributed by atoms with van der Waals surface area (Å²) in [5, 5.41) is 5.83. The lowest BCUT2D eigenvalue weighted by Gasteiger charge is -1.96. The van der Waals surface area contributed by atoms with E-state index in [9.17, 15) is 8.78 Å². The van der Waals surface area contributed by atoms with Gasteiger partial charge in [0, 0.05) is 0 Å². The Bertz CT molecular complexity index is 438. The third-order valence-electron chi connectivity index (χ3n) is 1.63. The number of nitrogens with zero attached hydrogens (tertiary/aromatic N) is 3. The molecule has 2 aromatic heterocycles. The Labute approximate surface area is 71.0 Å². The predicted molar refractivity (Wildman–Crippen MR) is 41.1 cm³/mol. The van der Waals surface area contributed by atoms with Crippen molar-refractivity contribution in [1.82, 2.24) is 20.2 Å². The van der Waals surface area contributed by atoms with Crippen LogP contribution < -0.4 is 5.73 Å². The molecule has 0 aliphatic rings. The monoisotopic (exact) mass is 185 g/mol. The summed E-state index contributed by atoms with van der Waals surface area (Å²) in [6.07, 6.45) is -1.48. The smallest absolute Gasteiger partial charge is 0.280 e. The van der Waals surface area contributed by atoms with Crippen molar-refractivity contribution in [2.45, 2.75) is 6.43 Å². The lowest BCUT2D eigenvalue weighted by molar-refractivity contribution is 0.147. The van der Waals surface area contributed by atoms with Crippen LogP contribution in [0.5, 0.6) is 0 Å². The van der Waals surface area contributed by atoms with Gasteiger partial charge in [-0.05, 0) is 0 Å². The zero-order chi connectivity index (χ0) is 9.42. The molecule has 0 saturated heterocycles. The number of nitrogens with one attached hydrogen (secondary N) is 1. The first-order valence-electron chi connectivity index (χ1n) is 3.42. The summed E-state index contributed by atoms with van der Waals surface area (Å²) in [5.41, 5.74) is 5.21. The Kier molecular flexibility index (Phi) is 1.57. The zero-order valence-electron chi connectivity index (χ0n) is 6.33. The number of aromatic nitrogens is 4. The SMILES string of the molecule is Nc1ncnc2n[nH]c(C(F)F)c12. The van der Waals surface area contributed by atoms with Crippen molar-refractivity contribution in [3.63, 3.8) is 0 Å². The predicted octanol–water partition coefficient (Wildman–Crippen LogP) is 0.873. The molecule has 2 heterocycles. The van der Waals surface area contributed by atoms with Crippen LogP contribution in [0, 0.1) is 0 Å². The Hall–Kier alpha value is -1.79. The maximum Gasteiger partial charge on any atom is 0.280 e. The van der Waals surface area contributed by atoms with Crippen LogP contribution in [0.2, 0.25) is 0 Å². The molecule has 0 atom stereocenters. The Balaban J connectivity index is 2.79. The molecule has 0 fully saturated rings. The van der Waals surface area contributed by atoms with Gasteiger partial charge >= 0.3 is 0 Å². The number of alkyl halides is 2. The topological polar surface area (TPSA) is 80.5 Å². The average molecular weight is 185 g/mol. The summed E-state index contributed by atoms with van der Waals surface area (Å²) in [6, 6.07) is 0. The van der Waals surface area contributed by atoms with Crippen molar-refractivity contribution in [1.29, 1.82) is 0 Å². The molecule has 68 valence electrons. The Morgan fingerprint density at radius 3 is 2.85 bits per heavy atom. The number of aromatic amines is 1. The number of nitrogen functional groups attached to an aromatic ring is 1. The van der Waals surface area contributed by atoms with Crippen molar-refractivity contribution in [3.05, 3.63) is 12.0 Å². The number of rotatable bonds is 1. The average Bonchev–Trinajstić information content (AvgIpc) is 2.49. The summed E-state index contributed by atoms with van der Waals surface area (Å²) >= 11 is 0. The molecule has 2 rings (SSSR count). The van der Waals surface area contributed by atoms with E-state index < -0.39 is 6.43 Å². The fourth-order valence-corrected chi connectivity index (χ4v) is 1.06. The summed E-state index contributed by atoms with van der Waals surface area (Å²) in [5.74, 6) is 0.00838. The van der Waals surface area contributed by atoms with Crippen molar-refractivity contribution >= 4 is 16.9 Å². The summed E-state index contributed by atoms with van der Waals surface area (Å²) < 4.78 is 24.7. The molecule has 0 spiro atoms. The number of hydrogen-bond acceptors (Lipinski definition) is 4. The van der Waals surface area contributed by atoms with Crippen LogP contribution in [0.25, 0.3) is 11.0 Å². The van der Waals surface area contributed by atoms with Crippen LogP contribution in [-0.4, -0.2) is 20.2 Å². The second-order valence-electron chi connectivity index (χ2n) is 2.40. The van der Waals surface area contributed by atoms with Gasteiger partial charge in [-0.15, -0.1) is 0 Å². The summed E-state index contributed by atoms with van der Waals surface area (Å²) in [6.45, 7) is 0. The largest absolute Gasteiger partial charge is 0.383 e. The maximum absolute atomic E-state index is 12.3. The number of hydrogen-bond donors (Lipinski definition) is 2. The highest BCUT2D eigenvalue weighted by molar-refractivity contribution is 5.87. The number of anilines is 1. The van der Waals surface area contributed by atoms with Gasteiger partial charge in [0.2, 0.25) is 0 Å². The van der Waals surface area contributed by atoms with E-state index in [1.165, 1.54) is 6.33 Å². The number of fused-ring (bicyclic) bond motifs is 1. The van der Waals surface area contributed by atoms with Crippen LogP contribution in [0.15, 0.2) is 6.33 Å². The molecule has 0 saturated carbocycles. The first-order valence-corrected chi connectivity index (χ1v) is 3.42. The Morgan fingerprint density at radius 1 is 1.38 bits per heavy atom. The van der Waals surface area contributed by atoms with E-state index in [1.54, 1.807) is 0 Å². The first-order chi connectivity index (χ1) is 6.20. The third kappa shape index (κ3) is 1.08. The highest BCUT2D eigenvalue weighted by Crippen LogP contribution is 2.26. The fraction of sp³-hybridized carbons (Fsp3) is 0.167. The lowest BCUT2D eigenvalue weighted by Crippen LogP contribution is -1.94. The molecule has 13 heavy (non-hydrogen) atoms. The molecule has 0 aliphatic heterocycles. The maximum atomic E-state index is 12.3. The standard InChI is InChI=1S/C6H5F2N5/c7-4(8)3-2-5(9)10-1-11-6(2)13-12-3/h1,4H,(H3,9,10,11,12,13). The van der Waals surface area contributed by atoms with Crippen molar-refractivity contribution in [2.75, 3.05) is 5.73 Å². The van der Waals surface area contributed by atoms with E-state index in [4.69, 9.17) is 5.73 Å². The van der Waals surface area contributed by atoms with E-state index in [-0.39, 0.29) is 22.5 Å². The van der Waals surface area contributed by atoms with Crippen molar-refractivity contribution < 1.29 is 8.78 Å². The summed E-state index contributed by atoms with van der Waals surface area (Å²) in [4.78, 5) is 7.27. The molecule has 0 unspecified atom stereocenters. The van der Waals surface area contributed by atoms with Crippen molar-refractivity contribution in [2.24, 2.45) is 0 Å². The lowest BCUT2D eigenvalue weighted by atomic mass is 10.3. The van der Waals surface area contributed by atoms with Gasteiger partial charge in [-0.1, -0.05) is 0 Å². The molecule has 3 N–H and O–H groups in total. The minimum absolute atomic E-state index is 0.00838. The van der Waals surface area contributed by atoms with Gasteiger partial charge in [0.15, 0.2) is 5.65 Å². The molecular weight excluding hydrogens is 180 g/mol. The van der Waals surface area contributed by atoms with E-state index >= 15 is 0 Å². The zero-order valence-corrected chi connectivity index (χ0v) is 6.33. The molecule has 0 bridgehead atoms. The van der Waals surface area contributed by atoms with E-state index in [2.05, 4.69) is 20.2 Å². The van der Waals surface area contributed by atoms with E-state index in [0.29, 0.717) is 0 Å². The van der Waals surface area contributed by atoms with E-state index in [1.807, 2.05) is 0 Å². The van der Waals surface area contributed by atoms with Gasteiger partial charge in [-0.3, -0.25) is 5.10 Å². The van der Waals surface area contributed by atoms with Crippen LogP contribution in [0.1, 0.15) is 12.1 Å². The second kappa shape index (κ2) is 2.61.